The van der Waals surface area contributed by atoms with Crippen LogP contribution >= 0.6 is 0 Å². The summed E-state index contributed by atoms with van der Waals surface area (Å²) in [5, 5.41) is 11.7. The molecule has 3 heteroatoms. The second kappa shape index (κ2) is 7.94. The molecule has 0 radical (unpaired) electrons. The van der Waals surface area contributed by atoms with Gasteiger partial charge >= 0.3 is 0 Å². The highest BCUT2D eigenvalue weighted by atomic mass is 16.5. The van der Waals surface area contributed by atoms with Crippen LogP contribution in [-0.4, -0.2) is 17.8 Å². The van der Waals surface area contributed by atoms with Gasteiger partial charge in [-0.05, 0) is 78.6 Å². The molecule has 0 bridgehead atoms. The molecule has 1 aliphatic carbocycles. The molecule has 0 heterocycles. The van der Waals surface area contributed by atoms with E-state index in [4.69, 9.17) is 10.5 Å². The summed E-state index contributed by atoms with van der Waals surface area (Å²) < 4.78 is 6.30. The highest BCUT2D eigenvalue weighted by molar-refractivity contribution is 5.84. The van der Waals surface area contributed by atoms with Gasteiger partial charge in [-0.3, -0.25) is 0 Å². The van der Waals surface area contributed by atoms with Gasteiger partial charge < -0.3 is 15.6 Å². The highest BCUT2D eigenvalue weighted by Crippen LogP contribution is 2.35. The molecule has 146 valence electrons. The number of aliphatic hydroxyl groups excluding tert-OH is 1. The van der Waals surface area contributed by atoms with Crippen molar-refractivity contribution in [3.05, 3.63) is 77.9 Å². The maximum Gasteiger partial charge on any atom is 0.120 e. The van der Waals surface area contributed by atoms with Crippen molar-refractivity contribution in [2.24, 2.45) is 5.73 Å². The van der Waals surface area contributed by atoms with E-state index in [1.54, 1.807) is 0 Å². The zero-order valence-electron chi connectivity index (χ0n) is 16.5. The van der Waals surface area contributed by atoms with Crippen LogP contribution in [0.1, 0.15) is 49.7 Å². The molecule has 1 atom stereocenters. The van der Waals surface area contributed by atoms with Crippen molar-refractivity contribution in [1.29, 1.82) is 0 Å². The minimum absolute atomic E-state index is 0.0780. The molecule has 4 rings (SSSR count). The monoisotopic (exact) mass is 375 g/mol. The van der Waals surface area contributed by atoms with Gasteiger partial charge in [0.05, 0.1) is 18.2 Å². The molecule has 3 aromatic rings. The molecule has 1 unspecified atom stereocenters. The van der Waals surface area contributed by atoms with E-state index in [9.17, 15) is 5.11 Å². The lowest BCUT2D eigenvalue weighted by Crippen LogP contribution is -2.36. The number of nitrogens with two attached hydrogens (primary N) is 1. The van der Waals surface area contributed by atoms with E-state index < -0.39 is 5.54 Å². The molecular weight excluding hydrogens is 346 g/mol. The number of rotatable bonds is 5. The molecule has 3 nitrogen and oxygen atoms in total. The first kappa shape index (κ1) is 19.0. The first-order chi connectivity index (χ1) is 13.5. The summed E-state index contributed by atoms with van der Waals surface area (Å²) in [6.07, 6.45) is 4.85. The maximum absolute atomic E-state index is 9.49. The van der Waals surface area contributed by atoms with E-state index in [1.807, 2.05) is 19.1 Å². The van der Waals surface area contributed by atoms with E-state index in [0.29, 0.717) is 12.0 Å². The summed E-state index contributed by atoms with van der Waals surface area (Å²) in [6, 6.07) is 23.2. The van der Waals surface area contributed by atoms with E-state index in [0.717, 1.165) is 34.9 Å². The molecule has 1 aliphatic rings. The van der Waals surface area contributed by atoms with E-state index in [1.165, 1.54) is 18.4 Å². The van der Waals surface area contributed by atoms with Crippen molar-refractivity contribution < 1.29 is 9.84 Å². The summed E-state index contributed by atoms with van der Waals surface area (Å²) in [7, 11) is 0. The molecule has 0 spiro atoms. The summed E-state index contributed by atoms with van der Waals surface area (Å²) in [6.45, 7) is 1.77. The second-order valence-corrected chi connectivity index (χ2v) is 8.30. The molecule has 3 N–H and O–H groups in total. The van der Waals surface area contributed by atoms with Gasteiger partial charge in [-0.1, -0.05) is 48.5 Å². The number of hydrogen-bond donors (Lipinski definition) is 2. The zero-order chi connectivity index (χ0) is 19.6. The Balaban J connectivity index is 1.42. The topological polar surface area (TPSA) is 55.5 Å². The van der Waals surface area contributed by atoms with Gasteiger partial charge in [0.15, 0.2) is 0 Å². The van der Waals surface area contributed by atoms with Crippen LogP contribution in [-0.2, 0) is 5.54 Å². The molecule has 0 saturated heterocycles. The SMILES string of the molecule is CC(N)(CO)c1ccc2cc(OC3CCC(c4ccccc4)CC3)ccc2c1. The second-order valence-electron chi connectivity index (χ2n) is 8.30. The van der Waals surface area contributed by atoms with Gasteiger partial charge in [0.1, 0.15) is 5.75 Å². The molecule has 0 aromatic heterocycles. The predicted molar refractivity (Wildman–Crippen MR) is 115 cm³/mol. The van der Waals surface area contributed by atoms with Crippen LogP contribution in [0.5, 0.6) is 5.75 Å². The average molecular weight is 376 g/mol. The third-order valence-electron chi connectivity index (χ3n) is 6.05. The molecule has 1 saturated carbocycles. The Labute approximate surface area is 167 Å². The minimum atomic E-state index is -0.721. The van der Waals surface area contributed by atoms with Crippen molar-refractivity contribution >= 4 is 10.8 Å². The third kappa shape index (κ3) is 4.06. The largest absolute Gasteiger partial charge is 0.490 e. The molecule has 28 heavy (non-hydrogen) atoms. The predicted octanol–water partition coefficient (Wildman–Crippen LogP) is 5.11. The van der Waals surface area contributed by atoms with Gasteiger partial charge in [-0.15, -0.1) is 0 Å². The minimum Gasteiger partial charge on any atom is -0.490 e. The van der Waals surface area contributed by atoms with Gasteiger partial charge in [-0.25, -0.2) is 0 Å². The first-order valence-corrected chi connectivity index (χ1v) is 10.2. The molecule has 0 aliphatic heterocycles. The molecule has 3 aromatic carbocycles. The van der Waals surface area contributed by atoms with E-state index in [-0.39, 0.29) is 6.61 Å². The Morgan fingerprint density at radius 1 is 0.929 bits per heavy atom. The van der Waals surface area contributed by atoms with Gasteiger partial charge in [0.2, 0.25) is 0 Å². The summed E-state index contributed by atoms with van der Waals surface area (Å²) >= 11 is 0. The van der Waals surface area contributed by atoms with Crippen molar-refractivity contribution in [1.82, 2.24) is 0 Å². The first-order valence-electron chi connectivity index (χ1n) is 10.2. The summed E-state index contributed by atoms with van der Waals surface area (Å²) in [5.41, 5.74) is 7.83. The Morgan fingerprint density at radius 3 is 2.32 bits per heavy atom. The van der Waals surface area contributed by atoms with Crippen LogP contribution in [0, 0.1) is 0 Å². The fourth-order valence-electron chi connectivity index (χ4n) is 4.18. The lowest BCUT2D eigenvalue weighted by molar-refractivity contribution is 0.146. The third-order valence-corrected chi connectivity index (χ3v) is 6.05. The Bertz CT molecular complexity index is 928. The van der Waals surface area contributed by atoms with Crippen LogP contribution in [0.2, 0.25) is 0 Å². The van der Waals surface area contributed by atoms with E-state index in [2.05, 4.69) is 54.6 Å². The van der Waals surface area contributed by atoms with E-state index >= 15 is 0 Å². The Morgan fingerprint density at radius 2 is 1.61 bits per heavy atom. The zero-order valence-corrected chi connectivity index (χ0v) is 16.5. The fraction of sp³-hybridized carbons (Fsp3) is 0.360. The fourth-order valence-corrected chi connectivity index (χ4v) is 4.18. The Kier molecular flexibility index (Phi) is 5.38. The number of aliphatic hydroxyl groups is 1. The molecular formula is C25H29NO2. The van der Waals surface area contributed by atoms with Crippen LogP contribution in [0.3, 0.4) is 0 Å². The van der Waals surface area contributed by atoms with Gasteiger partial charge in [-0.2, -0.15) is 0 Å². The Hall–Kier alpha value is -2.36. The maximum atomic E-state index is 9.49. The number of benzene rings is 3. The van der Waals surface area contributed by atoms with Gasteiger partial charge in [0, 0.05) is 0 Å². The van der Waals surface area contributed by atoms with Crippen molar-refractivity contribution in [3.63, 3.8) is 0 Å². The highest BCUT2D eigenvalue weighted by Gasteiger charge is 2.24. The standard InChI is InChI=1S/C25H29NO2/c1-25(26,17-27)22-11-7-21-16-24(14-10-20(21)15-22)28-23-12-8-19(9-13-23)18-5-3-2-4-6-18/h2-7,10-11,14-16,19,23,27H,8-9,12-13,17,26H2,1H3. The molecule has 0 amide bonds. The summed E-state index contributed by atoms with van der Waals surface area (Å²) in [5.74, 6) is 1.59. The lowest BCUT2D eigenvalue weighted by atomic mass is 9.83. The van der Waals surface area contributed by atoms with Crippen LogP contribution in [0.25, 0.3) is 10.8 Å². The average Bonchev–Trinajstić information content (AvgIpc) is 2.74. The quantitative estimate of drug-likeness (QED) is 0.651. The molecule has 1 fully saturated rings. The van der Waals surface area contributed by atoms with Crippen LogP contribution in [0.4, 0.5) is 0 Å². The summed E-state index contributed by atoms with van der Waals surface area (Å²) in [4.78, 5) is 0. The number of ether oxygens (including phenoxy) is 1. The van der Waals surface area contributed by atoms with Gasteiger partial charge in [0.25, 0.3) is 0 Å². The smallest absolute Gasteiger partial charge is 0.120 e. The van der Waals surface area contributed by atoms with Crippen molar-refractivity contribution in [2.45, 2.75) is 50.2 Å². The normalized spacial score (nSPS) is 22.0. The van der Waals surface area contributed by atoms with Crippen molar-refractivity contribution in [3.8, 4) is 5.75 Å². The number of fused-ring (bicyclic) bond motifs is 1. The number of hydrogen-bond acceptors (Lipinski definition) is 3. The van der Waals surface area contributed by atoms with Crippen LogP contribution < -0.4 is 10.5 Å². The lowest BCUT2D eigenvalue weighted by Gasteiger charge is -2.29. The van der Waals surface area contributed by atoms with Crippen molar-refractivity contribution in [2.75, 3.05) is 6.61 Å². The van der Waals surface area contributed by atoms with Crippen LogP contribution in [0.15, 0.2) is 66.7 Å².